The lowest BCUT2D eigenvalue weighted by Gasteiger charge is -2.28. The molecule has 0 N–H and O–H groups in total. The van der Waals surface area contributed by atoms with Gasteiger partial charge in [0.15, 0.2) is 0 Å². The molecule has 122 valence electrons. The number of aryl methyl sites for hydroxylation is 2. The maximum Gasteiger partial charge on any atom is 0.222 e. The van der Waals surface area contributed by atoms with E-state index < -0.39 is 0 Å². The molecule has 1 heterocycles. The number of hydrogen-bond acceptors (Lipinski definition) is 3. The number of rotatable bonds is 7. The molecule has 1 saturated heterocycles. The van der Waals surface area contributed by atoms with Crippen LogP contribution >= 0.6 is 0 Å². The number of morpholine rings is 1. The fourth-order valence-corrected chi connectivity index (χ4v) is 2.62. The van der Waals surface area contributed by atoms with Crippen LogP contribution in [0.5, 0.6) is 0 Å². The van der Waals surface area contributed by atoms with Crippen LogP contribution in [-0.2, 0) is 22.4 Å². The topological polar surface area (TPSA) is 32.8 Å². The molecule has 0 radical (unpaired) electrons. The van der Waals surface area contributed by atoms with E-state index in [-0.39, 0.29) is 5.91 Å². The van der Waals surface area contributed by atoms with Gasteiger partial charge < -0.3 is 9.64 Å². The number of amides is 1. The van der Waals surface area contributed by atoms with Crippen LogP contribution in [0.4, 0.5) is 0 Å². The maximum absolute atomic E-state index is 12.2. The Balaban J connectivity index is 1.68. The second-order valence-electron chi connectivity index (χ2n) is 5.94. The van der Waals surface area contributed by atoms with Crippen LogP contribution in [0, 0.1) is 0 Å². The molecular formula is C18H28N2O2. The largest absolute Gasteiger partial charge is 0.379 e. The van der Waals surface area contributed by atoms with E-state index in [0.717, 1.165) is 52.2 Å². The number of likely N-dealkylation sites (N-methyl/N-ethyl adjacent to an activating group) is 1. The lowest BCUT2D eigenvalue weighted by atomic mass is 10.1. The molecule has 0 aliphatic carbocycles. The zero-order valence-corrected chi connectivity index (χ0v) is 13.9. The standard InChI is InChI=1S/C18H28N2O2/c1-3-16-4-6-17(7-5-16)8-9-18(21)19(2)10-11-20-12-14-22-15-13-20/h4-7H,3,8-15H2,1-2H3. The highest BCUT2D eigenvalue weighted by Crippen LogP contribution is 2.08. The number of ether oxygens (including phenoxy) is 1. The van der Waals surface area contributed by atoms with E-state index in [1.165, 1.54) is 11.1 Å². The summed E-state index contributed by atoms with van der Waals surface area (Å²) < 4.78 is 5.34. The summed E-state index contributed by atoms with van der Waals surface area (Å²) >= 11 is 0. The summed E-state index contributed by atoms with van der Waals surface area (Å²) in [7, 11) is 1.91. The number of carbonyl (C=O) groups is 1. The second-order valence-corrected chi connectivity index (χ2v) is 5.94. The summed E-state index contributed by atoms with van der Waals surface area (Å²) in [6.45, 7) is 7.47. The molecule has 1 aliphatic rings. The molecule has 0 spiro atoms. The van der Waals surface area contributed by atoms with Crippen LogP contribution in [0.2, 0.25) is 0 Å². The maximum atomic E-state index is 12.2. The molecule has 4 heteroatoms. The van der Waals surface area contributed by atoms with Gasteiger partial charge in [0.25, 0.3) is 0 Å². The fourth-order valence-electron chi connectivity index (χ4n) is 2.62. The molecule has 0 atom stereocenters. The van der Waals surface area contributed by atoms with Crippen molar-refractivity contribution in [3.8, 4) is 0 Å². The molecule has 1 aliphatic heterocycles. The van der Waals surface area contributed by atoms with E-state index in [2.05, 4.69) is 36.1 Å². The third-order valence-corrected chi connectivity index (χ3v) is 4.34. The molecule has 0 aromatic heterocycles. The molecule has 1 aromatic carbocycles. The van der Waals surface area contributed by atoms with Crippen LogP contribution in [0.25, 0.3) is 0 Å². The van der Waals surface area contributed by atoms with Gasteiger partial charge in [-0.15, -0.1) is 0 Å². The second kappa shape index (κ2) is 8.91. The molecule has 1 aromatic rings. The Bertz CT molecular complexity index is 453. The Morgan fingerprint density at radius 1 is 1.18 bits per heavy atom. The Hall–Kier alpha value is -1.39. The summed E-state index contributed by atoms with van der Waals surface area (Å²) in [5.41, 5.74) is 2.59. The molecular weight excluding hydrogens is 276 g/mol. The van der Waals surface area contributed by atoms with Crippen molar-refractivity contribution < 1.29 is 9.53 Å². The van der Waals surface area contributed by atoms with Crippen molar-refractivity contribution in [2.45, 2.75) is 26.2 Å². The first kappa shape index (κ1) is 17.0. The van der Waals surface area contributed by atoms with Crippen LogP contribution in [0.1, 0.15) is 24.5 Å². The lowest BCUT2D eigenvalue weighted by molar-refractivity contribution is -0.130. The summed E-state index contributed by atoms with van der Waals surface area (Å²) in [5.74, 6) is 0.229. The Labute approximate surface area is 134 Å². The van der Waals surface area contributed by atoms with Gasteiger partial charge in [0.2, 0.25) is 5.91 Å². The molecule has 2 rings (SSSR count). The van der Waals surface area contributed by atoms with Gasteiger partial charge in [-0.1, -0.05) is 31.2 Å². The van der Waals surface area contributed by atoms with Gasteiger partial charge in [-0.25, -0.2) is 0 Å². The van der Waals surface area contributed by atoms with Gasteiger partial charge in [-0.2, -0.15) is 0 Å². The quantitative estimate of drug-likeness (QED) is 0.772. The van der Waals surface area contributed by atoms with Crippen molar-refractivity contribution in [1.29, 1.82) is 0 Å². The van der Waals surface area contributed by atoms with Gasteiger partial charge in [0, 0.05) is 39.6 Å². The Morgan fingerprint density at radius 3 is 2.45 bits per heavy atom. The van der Waals surface area contributed by atoms with Crippen molar-refractivity contribution in [1.82, 2.24) is 9.80 Å². The van der Waals surface area contributed by atoms with Gasteiger partial charge in [-0.3, -0.25) is 9.69 Å². The van der Waals surface area contributed by atoms with Crippen LogP contribution in [-0.4, -0.2) is 62.1 Å². The van der Waals surface area contributed by atoms with Crippen molar-refractivity contribution in [3.63, 3.8) is 0 Å². The first-order chi connectivity index (χ1) is 10.7. The van der Waals surface area contributed by atoms with Crippen molar-refractivity contribution in [2.24, 2.45) is 0 Å². The lowest BCUT2D eigenvalue weighted by Crippen LogP contribution is -2.41. The summed E-state index contributed by atoms with van der Waals surface area (Å²) in [4.78, 5) is 16.4. The Kier molecular flexibility index (Phi) is 6.87. The third-order valence-electron chi connectivity index (χ3n) is 4.34. The molecule has 1 amide bonds. The number of benzene rings is 1. The van der Waals surface area contributed by atoms with Gasteiger partial charge >= 0.3 is 0 Å². The summed E-state index contributed by atoms with van der Waals surface area (Å²) in [6, 6.07) is 8.59. The highest BCUT2D eigenvalue weighted by molar-refractivity contribution is 5.76. The average molecular weight is 304 g/mol. The fraction of sp³-hybridized carbons (Fsp3) is 0.611. The molecule has 22 heavy (non-hydrogen) atoms. The van der Waals surface area contributed by atoms with E-state index in [1.807, 2.05) is 11.9 Å². The van der Waals surface area contributed by atoms with Crippen LogP contribution in [0.3, 0.4) is 0 Å². The van der Waals surface area contributed by atoms with Gasteiger partial charge in [-0.05, 0) is 24.0 Å². The molecule has 1 fully saturated rings. The number of carbonyl (C=O) groups excluding carboxylic acids is 1. The van der Waals surface area contributed by atoms with E-state index in [0.29, 0.717) is 6.42 Å². The van der Waals surface area contributed by atoms with E-state index >= 15 is 0 Å². The zero-order chi connectivity index (χ0) is 15.8. The van der Waals surface area contributed by atoms with Crippen LogP contribution in [0.15, 0.2) is 24.3 Å². The predicted molar refractivity (Wildman–Crippen MR) is 89.0 cm³/mol. The van der Waals surface area contributed by atoms with E-state index in [4.69, 9.17) is 4.74 Å². The molecule has 0 saturated carbocycles. The minimum atomic E-state index is 0.229. The van der Waals surface area contributed by atoms with Crippen LogP contribution < -0.4 is 0 Å². The predicted octanol–water partition coefficient (Wildman–Crippen LogP) is 1.97. The molecule has 0 bridgehead atoms. The van der Waals surface area contributed by atoms with Gasteiger partial charge in [0.05, 0.1) is 13.2 Å². The molecule has 4 nitrogen and oxygen atoms in total. The highest BCUT2D eigenvalue weighted by Gasteiger charge is 2.13. The zero-order valence-electron chi connectivity index (χ0n) is 13.9. The average Bonchev–Trinajstić information content (AvgIpc) is 2.58. The number of nitrogens with zero attached hydrogens (tertiary/aromatic N) is 2. The minimum Gasteiger partial charge on any atom is -0.379 e. The first-order valence-corrected chi connectivity index (χ1v) is 8.31. The highest BCUT2D eigenvalue weighted by atomic mass is 16.5. The SMILES string of the molecule is CCc1ccc(CCC(=O)N(C)CCN2CCOCC2)cc1. The smallest absolute Gasteiger partial charge is 0.222 e. The minimum absolute atomic E-state index is 0.229. The van der Waals surface area contributed by atoms with Gasteiger partial charge in [0.1, 0.15) is 0 Å². The summed E-state index contributed by atoms with van der Waals surface area (Å²) in [5, 5.41) is 0. The first-order valence-electron chi connectivity index (χ1n) is 8.31. The van der Waals surface area contributed by atoms with Crippen molar-refractivity contribution in [2.75, 3.05) is 46.4 Å². The van der Waals surface area contributed by atoms with E-state index in [9.17, 15) is 4.79 Å². The Morgan fingerprint density at radius 2 is 1.82 bits per heavy atom. The van der Waals surface area contributed by atoms with Crippen molar-refractivity contribution >= 4 is 5.91 Å². The normalized spacial score (nSPS) is 15.7. The molecule has 0 unspecified atom stereocenters. The van der Waals surface area contributed by atoms with E-state index in [1.54, 1.807) is 0 Å². The summed E-state index contributed by atoms with van der Waals surface area (Å²) in [6.07, 6.45) is 2.47. The third kappa shape index (κ3) is 5.43. The van der Waals surface area contributed by atoms with Crippen molar-refractivity contribution in [3.05, 3.63) is 35.4 Å². The monoisotopic (exact) mass is 304 g/mol. The number of hydrogen-bond donors (Lipinski definition) is 0.